The third-order valence-electron chi connectivity index (χ3n) is 5.38. The van der Waals surface area contributed by atoms with Gasteiger partial charge in [0.2, 0.25) is 5.91 Å². The molecule has 0 saturated heterocycles. The second kappa shape index (κ2) is 8.51. The van der Waals surface area contributed by atoms with E-state index < -0.39 is 21.7 Å². The molecule has 1 aliphatic heterocycles. The van der Waals surface area contributed by atoms with Crippen LogP contribution in [0.25, 0.3) is 11.1 Å². The van der Waals surface area contributed by atoms with Crippen molar-refractivity contribution in [2.45, 2.75) is 30.7 Å². The van der Waals surface area contributed by atoms with Crippen molar-refractivity contribution in [2.75, 3.05) is 10.8 Å². The number of amides is 1. The van der Waals surface area contributed by atoms with Crippen LogP contribution in [0.15, 0.2) is 77.7 Å². The molecule has 1 heterocycles. The Labute approximate surface area is 181 Å². The second-order valence-corrected chi connectivity index (χ2v) is 9.49. The van der Waals surface area contributed by atoms with Gasteiger partial charge in [-0.3, -0.25) is 9.10 Å². The number of hydrogen-bond donors (Lipinski definition) is 1. The standard InChI is InChI=1S/C24H23FN2O3S/c1-17(11-12-18-7-3-2-4-8-18)26-24(28)16-27-22-14-13-19(25)15-21(22)20-9-5-6-10-23(20)31(27,29)30/h2-10,13-15,17H,11-12,16H2,1H3,(H,26,28). The van der Waals surface area contributed by atoms with Gasteiger partial charge in [-0.2, -0.15) is 0 Å². The van der Waals surface area contributed by atoms with E-state index in [-0.39, 0.29) is 17.5 Å². The first kappa shape index (κ1) is 21.1. The van der Waals surface area contributed by atoms with E-state index >= 15 is 0 Å². The summed E-state index contributed by atoms with van der Waals surface area (Å²) in [5, 5.41) is 2.88. The number of nitrogens with one attached hydrogen (secondary N) is 1. The van der Waals surface area contributed by atoms with Crippen LogP contribution in [0.4, 0.5) is 10.1 Å². The predicted molar refractivity (Wildman–Crippen MR) is 119 cm³/mol. The summed E-state index contributed by atoms with van der Waals surface area (Å²) in [6.45, 7) is 1.52. The Hall–Kier alpha value is -3.19. The number of sulfonamides is 1. The maximum absolute atomic E-state index is 13.9. The average molecular weight is 439 g/mol. The molecule has 3 aromatic carbocycles. The van der Waals surface area contributed by atoms with Gasteiger partial charge in [-0.25, -0.2) is 12.8 Å². The maximum atomic E-state index is 13.9. The van der Waals surface area contributed by atoms with Crippen LogP contribution in [0.3, 0.4) is 0 Å². The Bertz CT molecular complexity index is 1210. The normalized spacial score (nSPS) is 15.0. The Morgan fingerprint density at radius 3 is 2.48 bits per heavy atom. The lowest BCUT2D eigenvalue weighted by Gasteiger charge is -2.32. The number of hydrogen-bond acceptors (Lipinski definition) is 3. The van der Waals surface area contributed by atoms with E-state index in [1.165, 1.54) is 29.8 Å². The van der Waals surface area contributed by atoms with Crippen LogP contribution >= 0.6 is 0 Å². The first-order valence-corrected chi connectivity index (χ1v) is 11.6. The summed E-state index contributed by atoms with van der Waals surface area (Å²) in [6.07, 6.45) is 1.53. The topological polar surface area (TPSA) is 66.5 Å². The molecule has 0 bridgehead atoms. The van der Waals surface area contributed by atoms with Gasteiger partial charge in [0, 0.05) is 17.2 Å². The van der Waals surface area contributed by atoms with Gasteiger partial charge in [0.25, 0.3) is 10.0 Å². The third-order valence-corrected chi connectivity index (χ3v) is 7.19. The molecule has 0 radical (unpaired) electrons. The largest absolute Gasteiger partial charge is 0.352 e. The fourth-order valence-electron chi connectivity index (χ4n) is 3.82. The first-order valence-electron chi connectivity index (χ1n) is 10.1. The molecule has 31 heavy (non-hydrogen) atoms. The highest BCUT2D eigenvalue weighted by Gasteiger charge is 2.36. The van der Waals surface area contributed by atoms with Crippen LogP contribution in [0.2, 0.25) is 0 Å². The third kappa shape index (κ3) is 4.32. The zero-order valence-electron chi connectivity index (χ0n) is 17.1. The van der Waals surface area contributed by atoms with E-state index in [4.69, 9.17) is 0 Å². The highest BCUT2D eigenvalue weighted by atomic mass is 32.2. The lowest BCUT2D eigenvalue weighted by molar-refractivity contribution is -0.120. The minimum atomic E-state index is -3.95. The summed E-state index contributed by atoms with van der Waals surface area (Å²) in [7, 11) is -3.95. The molecule has 1 aliphatic rings. The number of halogens is 1. The molecule has 1 atom stereocenters. The number of fused-ring (bicyclic) bond motifs is 3. The Kier molecular flexibility index (Phi) is 5.78. The van der Waals surface area contributed by atoms with E-state index in [0.29, 0.717) is 16.8 Å². The SMILES string of the molecule is CC(CCc1ccccc1)NC(=O)CN1c2ccc(F)cc2-c2ccccc2S1(=O)=O. The molecule has 4 rings (SSSR count). The van der Waals surface area contributed by atoms with E-state index in [2.05, 4.69) is 5.32 Å². The van der Waals surface area contributed by atoms with Crippen molar-refractivity contribution in [3.63, 3.8) is 0 Å². The molecular formula is C24H23FN2O3S. The molecule has 1 amide bonds. The van der Waals surface area contributed by atoms with Crippen LogP contribution < -0.4 is 9.62 Å². The van der Waals surface area contributed by atoms with Gasteiger partial charge >= 0.3 is 0 Å². The van der Waals surface area contributed by atoms with Crippen molar-refractivity contribution < 1.29 is 17.6 Å². The van der Waals surface area contributed by atoms with Gasteiger partial charge < -0.3 is 5.32 Å². The van der Waals surface area contributed by atoms with Crippen molar-refractivity contribution in [1.82, 2.24) is 5.32 Å². The van der Waals surface area contributed by atoms with Crippen molar-refractivity contribution in [2.24, 2.45) is 0 Å². The first-order chi connectivity index (χ1) is 14.9. The van der Waals surface area contributed by atoms with Crippen molar-refractivity contribution >= 4 is 21.6 Å². The van der Waals surface area contributed by atoms with Crippen LogP contribution in [-0.4, -0.2) is 26.9 Å². The fourth-order valence-corrected chi connectivity index (χ4v) is 5.47. The highest BCUT2D eigenvalue weighted by molar-refractivity contribution is 7.93. The summed E-state index contributed by atoms with van der Waals surface area (Å²) in [5.41, 5.74) is 2.36. The maximum Gasteiger partial charge on any atom is 0.265 e. The Balaban J connectivity index is 1.53. The molecule has 1 N–H and O–H groups in total. The van der Waals surface area contributed by atoms with E-state index in [0.717, 1.165) is 17.1 Å². The quantitative estimate of drug-likeness (QED) is 0.629. The van der Waals surface area contributed by atoms with Crippen LogP contribution in [-0.2, 0) is 21.2 Å². The minimum Gasteiger partial charge on any atom is -0.352 e. The second-order valence-electron chi connectivity index (χ2n) is 7.66. The monoisotopic (exact) mass is 438 g/mol. The molecule has 3 aromatic rings. The molecule has 160 valence electrons. The Morgan fingerprint density at radius 1 is 1.00 bits per heavy atom. The average Bonchev–Trinajstić information content (AvgIpc) is 2.76. The zero-order valence-corrected chi connectivity index (χ0v) is 17.9. The Morgan fingerprint density at radius 2 is 1.71 bits per heavy atom. The molecule has 0 aliphatic carbocycles. The number of carbonyl (C=O) groups excluding carboxylic acids is 1. The lowest BCUT2D eigenvalue weighted by Crippen LogP contribution is -2.44. The van der Waals surface area contributed by atoms with Gasteiger partial charge in [0.1, 0.15) is 12.4 Å². The van der Waals surface area contributed by atoms with E-state index in [9.17, 15) is 17.6 Å². The summed E-state index contributed by atoms with van der Waals surface area (Å²) in [4.78, 5) is 12.8. The number of nitrogens with zero attached hydrogens (tertiary/aromatic N) is 1. The smallest absolute Gasteiger partial charge is 0.265 e. The van der Waals surface area contributed by atoms with Crippen LogP contribution in [0.5, 0.6) is 0 Å². The van der Waals surface area contributed by atoms with Gasteiger partial charge in [-0.05, 0) is 49.6 Å². The van der Waals surface area contributed by atoms with Crippen LogP contribution in [0.1, 0.15) is 18.9 Å². The van der Waals surface area contributed by atoms with E-state index in [1.807, 2.05) is 37.3 Å². The van der Waals surface area contributed by atoms with Gasteiger partial charge in [-0.1, -0.05) is 48.5 Å². The number of benzene rings is 3. The highest BCUT2D eigenvalue weighted by Crippen LogP contribution is 2.42. The van der Waals surface area contributed by atoms with Gasteiger partial charge in [0.15, 0.2) is 0 Å². The molecule has 1 unspecified atom stereocenters. The molecule has 0 saturated carbocycles. The number of carbonyl (C=O) groups is 1. The van der Waals surface area contributed by atoms with Gasteiger partial charge in [-0.15, -0.1) is 0 Å². The summed E-state index contributed by atoms with van der Waals surface area (Å²) in [5.74, 6) is -0.870. The fraction of sp³-hybridized carbons (Fsp3) is 0.208. The molecule has 7 heteroatoms. The lowest BCUT2D eigenvalue weighted by atomic mass is 10.0. The zero-order chi connectivity index (χ0) is 22.0. The number of anilines is 1. The molecule has 5 nitrogen and oxygen atoms in total. The molecular weight excluding hydrogens is 415 g/mol. The number of rotatable bonds is 6. The van der Waals surface area contributed by atoms with E-state index in [1.54, 1.807) is 18.2 Å². The summed E-state index contributed by atoms with van der Waals surface area (Å²) >= 11 is 0. The molecule has 0 fully saturated rings. The molecule has 0 spiro atoms. The number of aryl methyl sites for hydroxylation is 1. The van der Waals surface area contributed by atoms with Crippen molar-refractivity contribution in [1.29, 1.82) is 0 Å². The van der Waals surface area contributed by atoms with Crippen molar-refractivity contribution in [3.8, 4) is 11.1 Å². The predicted octanol–water partition coefficient (Wildman–Crippen LogP) is 4.14. The minimum absolute atomic E-state index is 0.0676. The summed E-state index contributed by atoms with van der Waals surface area (Å²) in [6, 6.07) is 20.2. The molecule has 0 aromatic heterocycles. The summed E-state index contributed by atoms with van der Waals surface area (Å²) < 4.78 is 41.5. The van der Waals surface area contributed by atoms with Crippen LogP contribution in [0, 0.1) is 5.82 Å². The van der Waals surface area contributed by atoms with Crippen molar-refractivity contribution in [3.05, 3.63) is 84.2 Å². The van der Waals surface area contributed by atoms with Gasteiger partial charge in [0.05, 0.1) is 10.6 Å².